The Morgan fingerprint density at radius 3 is 2.61 bits per heavy atom. The van der Waals surface area contributed by atoms with Crippen LogP contribution in [0.4, 0.5) is 5.69 Å². The summed E-state index contributed by atoms with van der Waals surface area (Å²) in [6, 6.07) is 23.0. The van der Waals surface area contributed by atoms with Gasteiger partial charge in [0.1, 0.15) is 5.69 Å². The predicted octanol–water partition coefficient (Wildman–Crippen LogP) is 4.76. The first-order chi connectivity index (χ1) is 16.2. The number of pyridine rings is 1. The lowest BCUT2D eigenvalue weighted by Crippen LogP contribution is -2.32. The third kappa shape index (κ3) is 5.15. The van der Waals surface area contributed by atoms with E-state index < -0.39 is 0 Å². The first-order valence-corrected chi connectivity index (χ1v) is 11.2. The molecule has 33 heavy (non-hydrogen) atoms. The molecule has 0 saturated carbocycles. The molecule has 0 bridgehead atoms. The van der Waals surface area contributed by atoms with E-state index in [-0.39, 0.29) is 11.8 Å². The van der Waals surface area contributed by atoms with E-state index in [1.165, 1.54) is 0 Å². The zero-order chi connectivity index (χ0) is 22.5. The topological polar surface area (TPSA) is 84.2 Å². The summed E-state index contributed by atoms with van der Waals surface area (Å²) in [4.78, 5) is 23.9. The summed E-state index contributed by atoms with van der Waals surface area (Å²) in [5.74, 6) is 1.39. The van der Waals surface area contributed by atoms with Crippen LogP contribution in [0, 0.1) is 0 Å². The largest absolute Gasteiger partial charge is 0.339 e. The zero-order valence-corrected chi connectivity index (χ0v) is 18.2. The van der Waals surface area contributed by atoms with Crippen molar-refractivity contribution in [1.82, 2.24) is 20.0 Å². The van der Waals surface area contributed by atoms with Gasteiger partial charge in [-0.15, -0.1) is 0 Å². The van der Waals surface area contributed by atoms with E-state index in [1.54, 1.807) is 6.20 Å². The van der Waals surface area contributed by atoms with Crippen LogP contribution in [-0.2, 0) is 6.54 Å². The van der Waals surface area contributed by atoms with Crippen molar-refractivity contribution in [2.45, 2.75) is 25.3 Å². The molecule has 7 nitrogen and oxygen atoms in total. The number of carbonyl (C=O) groups excluding carboxylic acids is 1. The summed E-state index contributed by atoms with van der Waals surface area (Å²) >= 11 is 0. The van der Waals surface area contributed by atoms with Gasteiger partial charge in [0.2, 0.25) is 11.7 Å². The molecule has 0 atom stereocenters. The summed E-state index contributed by atoms with van der Waals surface area (Å²) in [5.41, 5.74) is 3.31. The summed E-state index contributed by atoms with van der Waals surface area (Å²) in [6.45, 7) is 2.68. The Bertz CT molecular complexity index is 1200. The highest BCUT2D eigenvalue weighted by Gasteiger charge is 2.25. The van der Waals surface area contributed by atoms with Gasteiger partial charge in [-0.2, -0.15) is 4.98 Å². The molecule has 4 aromatic rings. The lowest BCUT2D eigenvalue weighted by atomic mass is 9.96. The minimum absolute atomic E-state index is 0.0955. The van der Waals surface area contributed by atoms with Gasteiger partial charge in [-0.3, -0.25) is 14.7 Å². The highest BCUT2D eigenvalue weighted by molar-refractivity contribution is 6.04. The molecule has 7 heteroatoms. The normalized spacial score (nSPS) is 14.8. The van der Waals surface area contributed by atoms with E-state index in [1.807, 2.05) is 66.7 Å². The predicted molar refractivity (Wildman–Crippen MR) is 126 cm³/mol. The van der Waals surface area contributed by atoms with Gasteiger partial charge in [-0.25, -0.2) is 0 Å². The van der Waals surface area contributed by atoms with Crippen molar-refractivity contribution < 1.29 is 9.32 Å². The van der Waals surface area contributed by atoms with E-state index in [0.29, 0.717) is 17.3 Å². The molecule has 2 aromatic carbocycles. The Labute approximate surface area is 192 Å². The Hall–Kier alpha value is -3.84. The highest BCUT2D eigenvalue weighted by atomic mass is 16.5. The molecule has 166 valence electrons. The molecule has 1 saturated heterocycles. The van der Waals surface area contributed by atoms with Crippen LogP contribution < -0.4 is 5.32 Å². The molecule has 1 aliphatic rings. The van der Waals surface area contributed by atoms with Crippen LogP contribution in [0.1, 0.15) is 40.6 Å². The molecule has 0 radical (unpaired) electrons. The van der Waals surface area contributed by atoms with Gasteiger partial charge in [0, 0.05) is 29.9 Å². The molecular formula is C26H25N5O2. The lowest BCUT2D eigenvalue weighted by Gasteiger charge is -2.30. The van der Waals surface area contributed by atoms with Gasteiger partial charge in [0.05, 0.1) is 0 Å². The number of anilines is 1. The van der Waals surface area contributed by atoms with E-state index in [9.17, 15) is 4.79 Å². The second-order valence-electron chi connectivity index (χ2n) is 8.24. The molecule has 1 N–H and O–H groups in total. The van der Waals surface area contributed by atoms with E-state index in [4.69, 9.17) is 4.52 Å². The van der Waals surface area contributed by atoms with Crippen molar-refractivity contribution in [3.63, 3.8) is 0 Å². The van der Waals surface area contributed by atoms with Crippen molar-refractivity contribution >= 4 is 11.6 Å². The molecular weight excluding hydrogens is 414 g/mol. The highest BCUT2D eigenvalue weighted by Crippen LogP contribution is 2.29. The maximum Gasteiger partial charge on any atom is 0.255 e. The number of para-hydroxylation sites is 1. The Morgan fingerprint density at radius 1 is 1.00 bits per heavy atom. The number of hydrogen-bond acceptors (Lipinski definition) is 6. The molecule has 0 spiro atoms. The summed E-state index contributed by atoms with van der Waals surface area (Å²) in [6.07, 6.45) is 3.64. The number of nitrogens with zero attached hydrogens (tertiary/aromatic N) is 4. The summed E-state index contributed by atoms with van der Waals surface area (Å²) in [5, 5.41) is 7.05. The van der Waals surface area contributed by atoms with Crippen LogP contribution >= 0.6 is 0 Å². The average Bonchev–Trinajstić information content (AvgIpc) is 3.36. The number of benzene rings is 2. The fourth-order valence-corrected chi connectivity index (χ4v) is 4.13. The Kier molecular flexibility index (Phi) is 6.21. The number of aromatic nitrogens is 3. The van der Waals surface area contributed by atoms with Crippen LogP contribution in [0.15, 0.2) is 83.5 Å². The first-order valence-electron chi connectivity index (χ1n) is 11.2. The van der Waals surface area contributed by atoms with Gasteiger partial charge in [-0.1, -0.05) is 41.6 Å². The molecule has 1 fully saturated rings. The van der Waals surface area contributed by atoms with Crippen LogP contribution in [0.2, 0.25) is 0 Å². The second-order valence-corrected chi connectivity index (χ2v) is 8.24. The third-order valence-corrected chi connectivity index (χ3v) is 5.90. The summed E-state index contributed by atoms with van der Waals surface area (Å²) in [7, 11) is 0. The van der Waals surface area contributed by atoms with E-state index in [2.05, 4.69) is 31.4 Å². The molecule has 3 heterocycles. The maximum atomic E-state index is 12.6. The van der Waals surface area contributed by atoms with Crippen LogP contribution in [0.5, 0.6) is 0 Å². The van der Waals surface area contributed by atoms with E-state index in [0.717, 1.165) is 49.4 Å². The first kappa shape index (κ1) is 21.0. The smallest absolute Gasteiger partial charge is 0.255 e. The number of rotatable bonds is 6. The number of amides is 1. The zero-order valence-electron chi connectivity index (χ0n) is 18.2. The minimum Gasteiger partial charge on any atom is -0.339 e. The lowest BCUT2D eigenvalue weighted by molar-refractivity contribution is 0.102. The average molecular weight is 440 g/mol. The minimum atomic E-state index is -0.0955. The SMILES string of the molecule is O=C(Nc1ccccc1)c1cccc(CN2CCC(c3nc(-c4ccccn4)no3)CC2)c1. The van der Waals surface area contributed by atoms with Gasteiger partial charge < -0.3 is 9.84 Å². The van der Waals surface area contributed by atoms with Gasteiger partial charge in [0.15, 0.2) is 0 Å². The number of nitrogens with one attached hydrogen (secondary N) is 1. The van der Waals surface area contributed by atoms with Gasteiger partial charge in [0.25, 0.3) is 5.91 Å². The number of hydrogen-bond donors (Lipinski definition) is 1. The molecule has 2 aromatic heterocycles. The summed E-state index contributed by atoms with van der Waals surface area (Å²) < 4.78 is 5.54. The standard InChI is InChI=1S/C26H25N5O2/c32-25(28-22-9-2-1-3-10-22)21-8-6-7-19(17-21)18-31-15-12-20(13-16-31)26-29-24(30-33-26)23-11-4-5-14-27-23/h1-11,14,17,20H,12-13,15-16,18H2,(H,28,32). The van der Waals surface area contributed by atoms with Gasteiger partial charge in [-0.05, 0) is 67.9 Å². The fraction of sp³-hybridized carbons (Fsp3) is 0.231. The quantitative estimate of drug-likeness (QED) is 0.466. The molecule has 0 aliphatic carbocycles. The Morgan fingerprint density at radius 2 is 1.82 bits per heavy atom. The number of piperidine rings is 1. The van der Waals surface area contributed by atoms with Crippen molar-refractivity contribution in [2.24, 2.45) is 0 Å². The Balaban J connectivity index is 1.17. The van der Waals surface area contributed by atoms with Crippen LogP contribution in [0.3, 0.4) is 0 Å². The molecule has 1 aliphatic heterocycles. The number of likely N-dealkylation sites (tertiary alicyclic amines) is 1. The maximum absolute atomic E-state index is 12.6. The third-order valence-electron chi connectivity index (χ3n) is 5.90. The number of carbonyl (C=O) groups is 1. The van der Waals surface area contributed by atoms with Crippen molar-refractivity contribution in [3.05, 3.63) is 96.0 Å². The van der Waals surface area contributed by atoms with Gasteiger partial charge >= 0.3 is 0 Å². The molecule has 0 unspecified atom stereocenters. The molecule has 5 rings (SSSR count). The molecule has 1 amide bonds. The van der Waals surface area contributed by atoms with Crippen molar-refractivity contribution in [1.29, 1.82) is 0 Å². The monoisotopic (exact) mass is 439 g/mol. The van der Waals surface area contributed by atoms with Crippen LogP contribution in [-0.4, -0.2) is 39.0 Å². The van der Waals surface area contributed by atoms with Crippen LogP contribution in [0.25, 0.3) is 11.5 Å². The van der Waals surface area contributed by atoms with Crippen molar-refractivity contribution in [2.75, 3.05) is 18.4 Å². The second kappa shape index (κ2) is 9.75. The fourth-order valence-electron chi connectivity index (χ4n) is 4.13. The van der Waals surface area contributed by atoms with Crippen molar-refractivity contribution in [3.8, 4) is 11.5 Å². The van der Waals surface area contributed by atoms with E-state index >= 15 is 0 Å².